The molecule has 1 heterocycles. The summed E-state index contributed by atoms with van der Waals surface area (Å²) in [6, 6.07) is 7.10. The van der Waals surface area contributed by atoms with Gasteiger partial charge in [0.05, 0.1) is 13.2 Å². The van der Waals surface area contributed by atoms with E-state index in [-0.39, 0.29) is 11.9 Å². The van der Waals surface area contributed by atoms with E-state index in [1.54, 1.807) is 24.5 Å². The number of thiophene rings is 1. The Labute approximate surface area is 123 Å². The molecule has 0 saturated carbocycles. The zero-order valence-corrected chi connectivity index (χ0v) is 12.9. The molecular formula is C16H20FNOS. The Morgan fingerprint density at radius 3 is 2.80 bits per heavy atom. The molecule has 0 aliphatic rings. The molecule has 0 bridgehead atoms. The van der Waals surface area contributed by atoms with Gasteiger partial charge < -0.3 is 10.1 Å². The second kappa shape index (κ2) is 6.86. The number of hydrogen-bond acceptors (Lipinski definition) is 3. The predicted octanol–water partition coefficient (Wildman–Crippen LogP) is 4.29. The van der Waals surface area contributed by atoms with Crippen LogP contribution in [0, 0.1) is 12.7 Å². The highest BCUT2D eigenvalue weighted by Crippen LogP contribution is 2.32. The van der Waals surface area contributed by atoms with E-state index < -0.39 is 0 Å². The first kappa shape index (κ1) is 15.0. The molecule has 1 unspecified atom stereocenters. The van der Waals surface area contributed by atoms with E-state index in [2.05, 4.69) is 12.2 Å². The Hall–Kier alpha value is -1.39. The minimum absolute atomic E-state index is 0.122. The molecule has 2 rings (SSSR count). The molecule has 20 heavy (non-hydrogen) atoms. The monoisotopic (exact) mass is 293 g/mol. The molecule has 0 spiro atoms. The first-order chi connectivity index (χ1) is 9.65. The number of benzene rings is 1. The number of rotatable bonds is 6. The molecule has 0 amide bonds. The molecule has 0 radical (unpaired) electrons. The average Bonchev–Trinajstić information content (AvgIpc) is 2.92. The van der Waals surface area contributed by atoms with E-state index in [1.165, 1.54) is 6.07 Å². The van der Waals surface area contributed by atoms with Gasteiger partial charge in [-0.15, -0.1) is 11.3 Å². The van der Waals surface area contributed by atoms with E-state index in [1.807, 2.05) is 24.4 Å². The van der Waals surface area contributed by atoms with Gasteiger partial charge in [0.15, 0.2) is 0 Å². The lowest BCUT2D eigenvalue weighted by molar-refractivity contribution is 0.416. The van der Waals surface area contributed by atoms with Crippen molar-refractivity contribution in [1.29, 1.82) is 0 Å². The highest BCUT2D eigenvalue weighted by atomic mass is 32.1. The molecule has 1 N–H and O–H groups in total. The van der Waals surface area contributed by atoms with Gasteiger partial charge in [-0.25, -0.2) is 4.39 Å². The molecule has 0 aliphatic heterocycles. The van der Waals surface area contributed by atoms with Gasteiger partial charge in [0, 0.05) is 15.8 Å². The van der Waals surface area contributed by atoms with Crippen molar-refractivity contribution in [2.45, 2.75) is 26.3 Å². The molecule has 4 heteroatoms. The lowest BCUT2D eigenvalue weighted by atomic mass is 10.0. The minimum Gasteiger partial charge on any atom is -0.496 e. The van der Waals surface area contributed by atoms with Crippen molar-refractivity contribution in [3.05, 3.63) is 51.5 Å². The van der Waals surface area contributed by atoms with Crippen molar-refractivity contribution >= 4 is 11.3 Å². The second-order valence-corrected chi connectivity index (χ2v) is 5.74. The third kappa shape index (κ3) is 3.38. The van der Waals surface area contributed by atoms with Gasteiger partial charge in [-0.3, -0.25) is 0 Å². The van der Waals surface area contributed by atoms with Crippen LogP contribution in [0.2, 0.25) is 0 Å². The predicted molar refractivity (Wildman–Crippen MR) is 82.1 cm³/mol. The van der Waals surface area contributed by atoms with Crippen LogP contribution in [0.15, 0.2) is 29.6 Å². The standard InChI is InChI=1S/C16H20FNOS/c1-4-7-18-16(15-9-12(19-3)10-20-15)13-8-11(2)5-6-14(13)17/h5-6,8-10,16,18H,4,7H2,1-3H3. The van der Waals surface area contributed by atoms with Gasteiger partial charge in [-0.2, -0.15) is 0 Å². The second-order valence-electron chi connectivity index (χ2n) is 4.80. The maximum atomic E-state index is 14.2. The van der Waals surface area contributed by atoms with Crippen LogP contribution in [0.25, 0.3) is 0 Å². The third-order valence-corrected chi connectivity index (χ3v) is 4.15. The van der Waals surface area contributed by atoms with Crippen LogP contribution in [0.4, 0.5) is 4.39 Å². The molecule has 0 aliphatic carbocycles. The summed E-state index contributed by atoms with van der Waals surface area (Å²) in [5.41, 5.74) is 1.76. The van der Waals surface area contributed by atoms with Crippen molar-refractivity contribution in [3.63, 3.8) is 0 Å². The van der Waals surface area contributed by atoms with Crippen molar-refractivity contribution in [3.8, 4) is 5.75 Å². The first-order valence-electron chi connectivity index (χ1n) is 6.77. The molecule has 0 fully saturated rings. The summed E-state index contributed by atoms with van der Waals surface area (Å²) in [7, 11) is 1.65. The van der Waals surface area contributed by atoms with E-state index in [4.69, 9.17) is 4.74 Å². The molecule has 0 saturated heterocycles. The summed E-state index contributed by atoms with van der Waals surface area (Å²) in [5, 5.41) is 5.37. The molecule has 1 aromatic carbocycles. The van der Waals surface area contributed by atoms with Crippen molar-refractivity contribution in [2.75, 3.05) is 13.7 Å². The topological polar surface area (TPSA) is 21.3 Å². The van der Waals surface area contributed by atoms with Crippen LogP contribution in [-0.4, -0.2) is 13.7 Å². The number of hydrogen-bond donors (Lipinski definition) is 1. The average molecular weight is 293 g/mol. The van der Waals surface area contributed by atoms with Crippen LogP contribution >= 0.6 is 11.3 Å². The lowest BCUT2D eigenvalue weighted by Crippen LogP contribution is -2.23. The van der Waals surface area contributed by atoms with E-state index >= 15 is 0 Å². The normalized spacial score (nSPS) is 12.4. The number of halogens is 1. The first-order valence-corrected chi connectivity index (χ1v) is 7.65. The molecular weight excluding hydrogens is 273 g/mol. The Morgan fingerprint density at radius 1 is 1.35 bits per heavy atom. The van der Waals surface area contributed by atoms with Gasteiger partial charge in [0.2, 0.25) is 0 Å². The van der Waals surface area contributed by atoms with E-state index in [9.17, 15) is 4.39 Å². The highest BCUT2D eigenvalue weighted by Gasteiger charge is 2.19. The minimum atomic E-state index is -0.170. The van der Waals surface area contributed by atoms with E-state index in [0.717, 1.165) is 29.2 Å². The summed E-state index contributed by atoms with van der Waals surface area (Å²) < 4.78 is 19.4. The Bertz CT molecular complexity index is 567. The van der Waals surface area contributed by atoms with Crippen molar-refractivity contribution in [2.24, 2.45) is 0 Å². The van der Waals surface area contributed by atoms with Crippen molar-refractivity contribution in [1.82, 2.24) is 5.32 Å². The number of methoxy groups -OCH3 is 1. The van der Waals surface area contributed by atoms with Gasteiger partial charge in [0.1, 0.15) is 11.6 Å². The number of aryl methyl sites for hydroxylation is 1. The number of nitrogens with one attached hydrogen (secondary N) is 1. The highest BCUT2D eigenvalue weighted by molar-refractivity contribution is 7.10. The fraction of sp³-hybridized carbons (Fsp3) is 0.375. The fourth-order valence-corrected chi connectivity index (χ4v) is 3.08. The Kier molecular flexibility index (Phi) is 5.15. The van der Waals surface area contributed by atoms with Gasteiger partial charge in [-0.05, 0) is 32.0 Å². The maximum Gasteiger partial charge on any atom is 0.129 e. The lowest BCUT2D eigenvalue weighted by Gasteiger charge is -2.19. The summed E-state index contributed by atoms with van der Waals surface area (Å²) in [6.07, 6.45) is 1.01. The Morgan fingerprint density at radius 2 is 2.15 bits per heavy atom. The van der Waals surface area contributed by atoms with E-state index in [0.29, 0.717) is 5.56 Å². The smallest absolute Gasteiger partial charge is 0.129 e. The Balaban J connectivity index is 2.38. The molecule has 2 aromatic rings. The quantitative estimate of drug-likeness (QED) is 0.857. The van der Waals surface area contributed by atoms with Crippen LogP contribution in [-0.2, 0) is 0 Å². The molecule has 108 valence electrons. The zero-order chi connectivity index (χ0) is 14.5. The third-order valence-electron chi connectivity index (χ3n) is 3.18. The molecule has 1 atom stereocenters. The van der Waals surface area contributed by atoms with Gasteiger partial charge in [0.25, 0.3) is 0 Å². The van der Waals surface area contributed by atoms with Crippen LogP contribution in [0.3, 0.4) is 0 Å². The summed E-state index contributed by atoms with van der Waals surface area (Å²) in [5.74, 6) is 0.651. The van der Waals surface area contributed by atoms with Crippen LogP contribution < -0.4 is 10.1 Å². The summed E-state index contributed by atoms with van der Waals surface area (Å²) in [6.45, 7) is 4.93. The van der Waals surface area contributed by atoms with Crippen molar-refractivity contribution < 1.29 is 9.13 Å². The van der Waals surface area contributed by atoms with Crippen LogP contribution in [0.5, 0.6) is 5.75 Å². The van der Waals surface area contributed by atoms with Gasteiger partial charge in [-0.1, -0.05) is 24.6 Å². The fourth-order valence-electron chi connectivity index (χ4n) is 2.13. The summed E-state index contributed by atoms with van der Waals surface area (Å²) >= 11 is 1.59. The largest absolute Gasteiger partial charge is 0.496 e. The molecule has 1 aromatic heterocycles. The summed E-state index contributed by atoms with van der Waals surface area (Å²) in [4.78, 5) is 1.07. The van der Waals surface area contributed by atoms with Gasteiger partial charge >= 0.3 is 0 Å². The molecule has 2 nitrogen and oxygen atoms in total. The number of ether oxygens (including phenoxy) is 1. The van der Waals surface area contributed by atoms with Crippen LogP contribution in [0.1, 0.15) is 35.4 Å². The zero-order valence-electron chi connectivity index (χ0n) is 12.1. The SMILES string of the molecule is CCCNC(c1cc(OC)cs1)c1cc(C)ccc1F. The maximum absolute atomic E-state index is 14.2.